The van der Waals surface area contributed by atoms with Gasteiger partial charge in [-0.3, -0.25) is 4.79 Å². The lowest BCUT2D eigenvalue weighted by atomic mass is 10.0. The first-order valence-electron chi connectivity index (χ1n) is 10.2. The van der Waals surface area contributed by atoms with Crippen LogP contribution in [0.15, 0.2) is 24.3 Å². The molecule has 0 radical (unpaired) electrons. The Balaban J connectivity index is 1.96. The van der Waals surface area contributed by atoms with Crippen LogP contribution >= 0.6 is 0 Å². The minimum atomic E-state index is -0.0164. The van der Waals surface area contributed by atoms with Gasteiger partial charge in [0.15, 0.2) is 0 Å². The van der Waals surface area contributed by atoms with Crippen LogP contribution in [0.5, 0.6) is 0 Å². The topological polar surface area (TPSA) is 56.2 Å². The zero-order valence-electron chi connectivity index (χ0n) is 16.8. The molecule has 3 rings (SSSR count). The van der Waals surface area contributed by atoms with Gasteiger partial charge in [-0.1, -0.05) is 44.9 Å². The van der Waals surface area contributed by atoms with Crippen LogP contribution in [0.2, 0.25) is 0 Å². The molecule has 0 unspecified atom stereocenters. The summed E-state index contributed by atoms with van der Waals surface area (Å²) in [5.41, 5.74) is 4.89. The monoisotopic (exact) mass is 369 g/mol. The molecule has 0 spiro atoms. The first-order valence-corrected chi connectivity index (χ1v) is 10.2. The quantitative estimate of drug-likeness (QED) is 0.765. The average molecular weight is 370 g/mol. The van der Waals surface area contributed by atoms with Gasteiger partial charge in [-0.05, 0) is 44.2 Å². The maximum absolute atomic E-state index is 13.1. The second-order valence-corrected chi connectivity index (χ2v) is 7.31. The van der Waals surface area contributed by atoms with Crippen molar-refractivity contribution < 1.29 is 9.53 Å². The first-order chi connectivity index (χ1) is 13.2. The lowest BCUT2D eigenvalue weighted by molar-refractivity contribution is 0.0856. The number of aromatic nitrogens is 2. The van der Waals surface area contributed by atoms with Crippen molar-refractivity contribution in [2.24, 2.45) is 0 Å². The summed E-state index contributed by atoms with van der Waals surface area (Å²) in [6, 6.07) is 8.22. The standard InChI is InChI=1S/C22H31N3O2/c1-4-9-18-21(22(26)23-15-17-12-8-14-27-17)20(10-5-2)25(24-18)19-13-7-6-11-16(19)3/h6-7,11,13,17H,4-5,8-10,12,14-15H2,1-3H3,(H,23,26)/t17-/m1/s1. The van der Waals surface area contributed by atoms with Crippen LogP contribution in [0.25, 0.3) is 5.69 Å². The third-order valence-electron chi connectivity index (χ3n) is 5.11. The number of rotatable bonds is 8. The predicted molar refractivity (Wildman–Crippen MR) is 108 cm³/mol. The molecule has 1 aliphatic rings. The largest absolute Gasteiger partial charge is 0.376 e. The molecule has 27 heavy (non-hydrogen) atoms. The number of para-hydroxylation sites is 1. The summed E-state index contributed by atoms with van der Waals surface area (Å²) >= 11 is 0. The second kappa shape index (κ2) is 9.18. The molecule has 5 heteroatoms. The number of carbonyl (C=O) groups excluding carboxylic acids is 1. The number of hydrogen-bond acceptors (Lipinski definition) is 3. The summed E-state index contributed by atoms with van der Waals surface area (Å²) in [4.78, 5) is 13.1. The molecular formula is C22H31N3O2. The van der Waals surface area contributed by atoms with Gasteiger partial charge in [-0.15, -0.1) is 0 Å². The van der Waals surface area contributed by atoms with Gasteiger partial charge in [-0.2, -0.15) is 5.10 Å². The van der Waals surface area contributed by atoms with Crippen LogP contribution in [0.1, 0.15) is 66.8 Å². The van der Waals surface area contributed by atoms with E-state index in [1.165, 1.54) is 0 Å². The van der Waals surface area contributed by atoms with E-state index < -0.39 is 0 Å². The first kappa shape index (κ1) is 19.6. The van der Waals surface area contributed by atoms with E-state index in [-0.39, 0.29) is 12.0 Å². The van der Waals surface area contributed by atoms with E-state index in [9.17, 15) is 4.79 Å². The molecule has 1 fully saturated rings. The molecule has 1 aromatic carbocycles. The zero-order chi connectivity index (χ0) is 19.2. The number of aryl methyl sites for hydroxylation is 2. The molecule has 0 aliphatic carbocycles. The SMILES string of the molecule is CCCc1nn(-c2ccccc2C)c(CCC)c1C(=O)NC[C@H]1CCCO1. The molecule has 2 heterocycles. The Labute approximate surface area is 162 Å². The third-order valence-corrected chi connectivity index (χ3v) is 5.11. The zero-order valence-corrected chi connectivity index (χ0v) is 16.8. The molecule has 0 saturated carbocycles. The highest BCUT2D eigenvalue weighted by Crippen LogP contribution is 2.24. The second-order valence-electron chi connectivity index (χ2n) is 7.31. The molecule has 2 aromatic rings. The highest BCUT2D eigenvalue weighted by Gasteiger charge is 2.25. The molecule has 5 nitrogen and oxygen atoms in total. The van der Waals surface area contributed by atoms with Crippen molar-refractivity contribution in [3.63, 3.8) is 0 Å². The number of amides is 1. The normalized spacial score (nSPS) is 16.6. The number of carbonyl (C=O) groups is 1. The van der Waals surface area contributed by atoms with Crippen LogP contribution in [0, 0.1) is 6.92 Å². The Bertz CT molecular complexity index is 776. The van der Waals surface area contributed by atoms with Crippen molar-refractivity contribution in [1.82, 2.24) is 15.1 Å². The van der Waals surface area contributed by atoms with E-state index in [1.807, 2.05) is 16.8 Å². The smallest absolute Gasteiger partial charge is 0.255 e. The van der Waals surface area contributed by atoms with E-state index in [1.54, 1.807) is 0 Å². The van der Waals surface area contributed by atoms with Crippen LogP contribution < -0.4 is 5.32 Å². The molecule has 1 aliphatic heterocycles. The molecule has 1 saturated heterocycles. The van der Waals surface area contributed by atoms with Gasteiger partial charge < -0.3 is 10.1 Å². The Morgan fingerprint density at radius 1 is 1.26 bits per heavy atom. The number of nitrogens with zero attached hydrogens (tertiary/aromatic N) is 2. The third kappa shape index (κ3) is 4.41. The van der Waals surface area contributed by atoms with Crippen molar-refractivity contribution in [2.45, 2.75) is 65.4 Å². The van der Waals surface area contributed by atoms with Gasteiger partial charge in [0.05, 0.1) is 28.7 Å². The molecule has 1 atom stereocenters. The summed E-state index contributed by atoms with van der Waals surface area (Å²) in [6.07, 6.45) is 5.80. The van der Waals surface area contributed by atoms with Crippen molar-refractivity contribution in [3.05, 3.63) is 46.8 Å². The van der Waals surface area contributed by atoms with E-state index >= 15 is 0 Å². The van der Waals surface area contributed by atoms with Crippen LogP contribution in [-0.4, -0.2) is 34.9 Å². The fourth-order valence-electron chi connectivity index (χ4n) is 3.75. The summed E-state index contributed by atoms with van der Waals surface area (Å²) in [7, 11) is 0. The summed E-state index contributed by atoms with van der Waals surface area (Å²) in [5, 5.41) is 7.98. The van der Waals surface area contributed by atoms with Gasteiger partial charge in [0, 0.05) is 13.2 Å². The maximum atomic E-state index is 13.1. The van der Waals surface area contributed by atoms with Crippen molar-refractivity contribution >= 4 is 5.91 Å². The van der Waals surface area contributed by atoms with E-state index in [0.717, 1.165) is 73.3 Å². The maximum Gasteiger partial charge on any atom is 0.255 e. The van der Waals surface area contributed by atoms with Gasteiger partial charge >= 0.3 is 0 Å². The van der Waals surface area contributed by atoms with Crippen molar-refractivity contribution in [3.8, 4) is 5.69 Å². The van der Waals surface area contributed by atoms with Gasteiger partial charge in [0.2, 0.25) is 0 Å². The van der Waals surface area contributed by atoms with Gasteiger partial charge in [0.25, 0.3) is 5.91 Å². The highest BCUT2D eigenvalue weighted by atomic mass is 16.5. The number of nitrogens with one attached hydrogen (secondary N) is 1. The predicted octanol–water partition coefficient (Wildman–Crippen LogP) is 3.99. The lowest BCUT2D eigenvalue weighted by Crippen LogP contribution is -2.32. The molecule has 146 valence electrons. The Morgan fingerprint density at radius 2 is 2.04 bits per heavy atom. The average Bonchev–Trinajstić information content (AvgIpc) is 3.29. The molecule has 1 amide bonds. The minimum Gasteiger partial charge on any atom is -0.376 e. The van der Waals surface area contributed by atoms with Crippen molar-refractivity contribution in [1.29, 1.82) is 0 Å². The van der Waals surface area contributed by atoms with E-state index in [2.05, 4.69) is 38.2 Å². The molecule has 1 N–H and O–H groups in total. The van der Waals surface area contributed by atoms with Crippen LogP contribution in [0.4, 0.5) is 0 Å². The molecule has 1 aromatic heterocycles. The molecular weight excluding hydrogens is 338 g/mol. The van der Waals surface area contributed by atoms with Gasteiger partial charge in [-0.25, -0.2) is 4.68 Å². The summed E-state index contributed by atoms with van der Waals surface area (Å²) in [5.74, 6) is -0.0164. The summed E-state index contributed by atoms with van der Waals surface area (Å²) in [6.45, 7) is 7.73. The number of benzene rings is 1. The fraction of sp³-hybridized carbons (Fsp3) is 0.545. The number of hydrogen-bond donors (Lipinski definition) is 1. The fourth-order valence-corrected chi connectivity index (χ4v) is 3.75. The Kier molecular flexibility index (Phi) is 6.67. The Morgan fingerprint density at radius 3 is 2.70 bits per heavy atom. The highest BCUT2D eigenvalue weighted by molar-refractivity contribution is 5.96. The van der Waals surface area contributed by atoms with Crippen LogP contribution in [-0.2, 0) is 17.6 Å². The Hall–Kier alpha value is -2.14. The lowest BCUT2D eigenvalue weighted by Gasteiger charge is -2.13. The summed E-state index contributed by atoms with van der Waals surface area (Å²) < 4.78 is 7.64. The van der Waals surface area contributed by atoms with E-state index in [0.29, 0.717) is 6.54 Å². The van der Waals surface area contributed by atoms with Crippen molar-refractivity contribution in [2.75, 3.05) is 13.2 Å². The minimum absolute atomic E-state index is 0.0164. The van der Waals surface area contributed by atoms with E-state index in [4.69, 9.17) is 9.84 Å². The van der Waals surface area contributed by atoms with Crippen LogP contribution in [0.3, 0.4) is 0 Å². The van der Waals surface area contributed by atoms with Gasteiger partial charge in [0.1, 0.15) is 0 Å². The molecule has 0 bridgehead atoms. The number of ether oxygens (including phenoxy) is 1.